The van der Waals surface area contributed by atoms with E-state index in [-0.39, 0.29) is 11.5 Å². The van der Waals surface area contributed by atoms with E-state index < -0.39 is 12.0 Å². The quantitative estimate of drug-likeness (QED) is 0.739. The second-order valence-electron chi connectivity index (χ2n) is 6.68. The van der Waals surface area contributed by atoms with Crippen LogP contribution in [0.25, 0.3) is 6.08 Å². The van der Waals surface area contributed by atoms with Crippen molar-refractivity contribution in [1.29, 1.82) is 0 Å². The molecule has 0 spiro atoms. The molecule has 1 N–H and O–H groups in total. The van der Waals surface area contributed by atoms with Crippen molar-refractivity contribution in [2.45, 2.75) is 58.9 Å². The number of rotatable bonds is 8. The first-order chi connectivity index (χ1) is 11.4. The summed E-state index contributed by atoms with van der Waals surface area (Å²) >= 11 is 0. The lowest BCUT2D eigenvalue weighted by molar-refractivity contribution is -0.141. The number of aliphatic carboxylic acids is 1. The number of hydrogen-bond acceptors (Lipinski definition) is 4. The Morgan fingerprint density at radius 1 is 1.46 bits per heavy atom. The van der Waals surface area contributed by atoms with E-state index in [1.54, 1.807) is 6.08 Å². The monoisotopic (exact) mass is 334 g/mol. The number of ether oxygens (including phenoxy) is 1. The van der Waals surface area contributed by atoms with Crippen molar-refractivity contribution >= 4 is 12.0 Å². The lowest BCUT2D eigenvalue weighted by atomic mass is 10.0. The number of aryl methyl sites for hydroxylation is 1. The van der Waals surface area contributed by atoms with Crippen molar-refractivity contribution < 1.29 is 14.6 Å². The maximum absolute atomic E-state index is 12.9. The summed E-state index contributed by atoms with van der Waals surface area (Å²) < 4.78 is 6.37. The first-order valence-electron chi connectivity index (χ1n) is 8.51. The Balaban J connectivity index is 2.57. The summed E-state index contributed by atoms with van der Waals surface area (Å²) in [6.45, 7) is 8.09. The Bertz CT molecular complexity index is 687. The number of carboxylic acid groups (broad SMARTS) is 1. The molecule has 0 bridgehead atoms. The zero-order valence-electron chi connectivity index (χ0n) is 14.8. The van der Waals surface area contributed by atoms with Crippen molar-refractivity contribution in [3.63, 3.8) is 0 Å². The van der Waals surface area contributed by atoms with Crippen molar-refractivity contribution in [2.24, 2.45) is 5.92 Å². The fourth-order valence-corrected chi connectivity index (χ4v) is 2.92. The third-order valence-electron chi connectivity index (χ3n) is 4.13. The van der Waals surface area contributed by atoms with Crippen LogP contribution in [0.1, 0.15) is 68.8 Å². The van der Waals surface area contributed by atoms with Crippen molar-refractivity contribution in [1.82, 2.24) is 9.78 Å². The highest BCUT2D eigenvalue weighted by Crippen LogP contribution is 2.42. The van der Waals surface area contributed by atoms with Gasteiger partial charge in [-0.3, -0.25) is 4.79 Å². The zero-order chi connectivity index (χ0) is 17.9. The minimum atomic E-state index is -1.03. The first kappa shape index (κ1) is 18.2. The third kappa shape index (κ3) is 4.04. The molecule has 1 unspecified atom stereocenters. The molecule has 2 rings (SSSR count). The Morgan fingerprint density at radius 2 is 2.12 bits per heavy atom. The molecular weight excluding hydrogens is 308 g/mol. The van der Waals surface area contributed by atoms with Gasteiger partial charge in [-0.1, -0.05) is 13.8 Å². The fraction of sp³-hybridized carbons (Fsp3) is 0.611. The molecule has 6 nitrogen and oxygen atoms in total. The highest BCUT2D eigenvalue weighted by atomic mass is 16.5. The number of carbonyl (C=O) groups is 1. The van der Waals surface area contributed by atoms with Crippen LogP contribution in [0.15, 0.2) is 11.1 Å². The molecule has 1 aliphatic rings. The smallest absolute Gasteiger partial charge is 0.328 e. The van der Waals surface area contributed by atoms with Gasteiger partial charge < -0.3 is 9.84 Å². The standard InChI is InChI=1S/C18H26N2O4/c1-5-24-9-8-14-16(13-6-7-13)12(4)19-20(17(14)21)15(18(22)23)10-11(2)3/h8-9,11,13,15H,5-7,10H2,1-4H3,(H,22,23)/b9-8+. The highest BCUT2D eigenvalue weighted by Gasteiger charge is 2.32. The zero-order valence-corrected chi connectivity index (χ0v) is 14.8. The summed E-state index contributed by atoms with van der Waals surface area (Å²) in [4.78, 5) is 24.6. The average molecular weight is 334 g/mol. The molecule has 1 fully saturated rings. The molecule has 1 heterocycles. The van der Waals surface area contributed by atoms with Crippen molar-refractivity contribution in [3.8, 4) is 0 Å². The van der Waals surface area contributed by atoms with Crippen LogP contribution in [-0.2, 0) is 9.53 Å². The normalized spacial score (nSPS) is 15.9. The van der Waals surface area contributed by atoms with Crippen LogP contribution >= 0.6 is 0 Å². The molecule has 132 valence electrons. The molecule has 24 heavy (non-hydrogen) atoms. The summed E-state index contributed by atoms with van der Waals surface area (Å²) in [6, 6.07) is -0.955. The summed E-state index contributed by atoms with van der Waals surface area (Å²) in [5, 5.41) is 13.9. The van der Waals surface area contributed by atoms with Gasteiger partial charge in [0.25, 0.3) is 5.56 Å². The van der Waals surface area contributed by atoms with Crippen LogP contribution in [0.3, 0.4) is 0 Å². The Hall–Kier alpha value is -2.11. The third-order valence-corrected chi connectivity index (χ3v) is 4.13. The highest BCUT2D eigenvalue weighted by molar-refractivity contribution is 5.72. The summed E-state index contributed by atoms with van der Waals surface area (Å²) in [5.74, 6) is -0.545. The van der Waals surface area contributed by atoms with Crippen LogP contribution in [0.4, 0.5) is 0 Å². The maximum atomic E-state index is 12.9. The molecule has 1 saturated carbocycles. The molecule has 6 heteroatoms. The van der Waals surface area contributed by atoms with Crippen LogP contribution in [0, 0.1) is 12.8 Å². The Morgan fingerprint density at radius 3 is 2.62 bits per heavy atom. The number of aromatic nitrogens is 2. The number of hydrogen-bond donors (Lipinski definition) is 1. The van der Waals surface area contributed by atoms with E-state index in [1.807, 2.05) is 27.7 Å². The summed E-state index contributed by atoms with van der Waals surface area (Å²) in [6.07, 6.45) is 5.59. The van der Waals surface area contributed by atoms with E-state index >= 15 is 0 Å². The van der Waals surface area contributed by atoms with E-state index in [0.717, 1.165) is 28.8 Å². The van der Waals surface area contributed by atoms with E-state index in [2.05, 4.69) is 5.10 Å². The number of carboxylic acids is 1. The molecular formula is C18H26N2O4. The van der Waals surface area contributed by atoms with Gasteiger partial charge in [0, 0.05) is 5.56 Å². The van der Waals surface area contributed by atoms with Gasteiger partial charge in [0.1, 0.15) is 0 Å². The minimum absolute atomic E-state index is 0.144. The molecule has 0 aromatic carbocycles. The van der Waals surface area contributed by atoms with Crippen molar-refractivity contribution in [3.05, 3.63) is 33.4 Å². The molecule has 0 saturated heterocycles. The molecule has 0 radical (unpaired) electrons. The van der Waals surface area contributed by atoms with Gasteiger partial charge in [-0.15, -0.1) is 0 Å². The van der Waals surface area contributed by atoms with Crippen LogP contribution in [-0.4, -0.2) is 27.5 Å². The van der Waals surface area contributed by atoms with Gasteiger partial charge in [-0.25, -0.2) is 9.48 Å². The second-order valence-corrected chi connectivity index (χ2v) is 6.68. The summed E-state index contributed by atoms with van der Waals surface area (Å²) in [5.41, 5.74) is 1.81. The Kier molecular flexibility index (Phi) is 5.80. The molecule has 1 aromatic rings. The van der Waals surface area contributed by atoms with E-state index in [0.29, 0.717) is 24.5 Å². The lowest BCUT2D eigenvalue weighted by Crippen LogP contribution is -2.35. The second kappa shape index (κ2) is 7.64. The SMILES string of the molecule is CCO/C=C/c1c(C2CC2)c(C)nn(C(CC(C)C)C(=O)O)c1=O. The van der Waals surface area contributed by atoms with E-state index in [1.165, 1.54) is 6.26 Å². The van der Waals surface area contributed by atoms with Crippen LogP contribution < -0.4 is 5.56 Å². The lowest BCUT2D eigenvalue weighted by Gasteiger charge is -2.19. The maximum Gasteiger partial charge on any atom is 0.328 e. The van der Waals surface area contributed by atoms with Crippen LogP contribution in [0.2, 0.25) is 0 Å². The predicted octanol–water partition coefficient (Wildman–Crippen LogP) is 3.11. The van der Waals surface area contributed by atoms with Crippen molar-refractivity contribution in [2.75, 3.05) is 6.61 Å². The van der Waals surface area contributed by atoms with Gasteiger partial charge in [-0.05, 0) is 56.6 Å². The average Bonchev–Trinajstić information content (AvgIpc) is 3.32. The molecule has 1 aromatic heterocycles. The van der Waals surface area contributed by atoms with Gasteiger partial charge in [0.2, 0.25) is 0 Å². The van der Waals surface area contributed by atoms with Gasteiger partial charge in [0.15, 0.2) is 6.04 Å². The number of nitrogens with zero attached hydrogens (tertiary/aromatic N) is 2. The van der Waals surface area contributed by atoms with Crippen LogP contribution in [0.5, 0.6) is 0 Å². The van der Waals surface area contributed by atoms with Gasteiger partial charge in [0.05, 0.1) is 18.6 Å². The fourth-order valence-electron chi connectivity index (χ4n) is 2.92. The molecule has 1 atom stereocenters. The minimum Gasteiger partial charge on any atom is -0.501 e. The van der Waals surface area contributed by atoms with Gasteiger partial charge >= 0.3 is 5.97 Å². The van der Waals surface area contributed by atoms with E-state index in [9.17, 15) is 14.7 Å². The van der Waals surface area contributed by atoms with Gasteiger partial charge in [-0.2, -0.15) is 5.10 Å². The van der Waals surface area contributed by atoms with E-state index in [4.69, 9.17) is 4.74 Å². The largest absolute Gasteiger partial charge is 0.501 e. The Labute approximate surface area is 142 Å². The molecule has 0 aliphatic heterocycles. The topological polar surface area (TPSA) is 81.4 Å². The summed E-state index contributed by atoms with van der Waals surface area (Å²) in [7, 11) is 0. The predicted molar refractivity (Wildman–Crippen MR) is 92.0 cm³/mol. The first-order valence-corrected chi connectivity index (χ1v) is 8.51. The molecule has 0 amide bonds. The molecule has 1 aliphatic carbocycles.